The molecule has 0 unspecified atom stereocenters. The Hall–Kier alpha value is -2.33. The van der Waals surface area contributed by atoms with Crippen molar-refractivity contribution in [1.29, 1.82) is 0 Å². The van der Waals surface area contributed by atoms with Gasteiger partial charge in [0.15, 0.2) is 0 Å². The van der Waals surface area contributed by atoms with Gasteiger partial charge in [-0.3, -0.25) is 4.98 Å². The van der Waals surface area contributed by atoms with Crippen LogP contribution in [-0.4, -0.2) is 17.0 Å². The van der Waals surface area contributed by atoms with E-state index in [0.717, 1.165) is 27.9 Å². The van der Waals surface area contributed by atoms with Gasteiger partial charge < -0.3 is 5.32 Å². The summed E-state index contributed by atoms with van der Waals surface area (Å²) in [7, 11) is 1.89. The second-order valence-corrected chi connectivity index (χ2v) is 4.57. The van der Waals surface area contributed by atoms with Gasteiger partial charge in [0.2, 0.25) is 0 Å². The van der Waals surface area contributed by atoms with Crippen LogP contribution >= 0.6 is 0 Å². The molecule has 3 rings (SSSR count). The third-order valence-electron chi connectivity index (χ3n) is 3.15. The second-order valence-electron chi connectivity index (χ2n) is 4.57. The highest BCUT2D eigenvalue weighted by Gasteiger charge is 2.09. The molecule has 0 atom stereocenters. The van der Waals surface area contributed by atoms with Crippen molar-refractivity contribution >= 4 is 11.0 Å². The molecule has 3 nitrogen and oxygen atoms in total. The van der Waals surface area contributed by atoms with Crippen LogP contribution in [0, 0.1) is 5.82 Å². The number of nitrogens with zero attached hydrogens (tertiary/aromatic N) is 2. The summed E-state index contributed by atoms with van der Waals surface area (Å²) in [5.41, 5.74) is 4.52. The number of benzene rings is 1. The summed E-state index contributed by atoms with van der Waals surface area (Å²) in [5.74, 6) is -0.244. The Morgan fingerprint density at radius 1 is 1.10 bits per heavy atom. The van der Waals surface area contributed by atoms with Gasteiger partial charge in [-0.25, -0.2) is 9.37 Å². The number of nitrogens with one attached hydrogen (secondary N) is 1. The number of pyridine rings is 2. The maximum Gasteiger partial charge on any atom is 0.123 e. The second kappa shape index (κ2) is 5.35. The molecule has 0 fully saturated rings. The van der Waals surface area contributed by atoms with Crippen molar-refractivity contribution in [2.75, 3.05) is 7.05 Å². The van der Waals surface area contributed by atoms with E-state index in [4.69, 9.17) is 0 Å². The molecule has 2 heterocycles. The number of rotatable bonds is 3. The van der Waals surface area contributed by atoms with E-state index in [9.17, 15) is 4.39 Å². The normalized spacial score (nSPS) is 10.9. The maximum atomic E-state index is 13.1. The first-order valence-corrected chi connectivity index (χ1v) is 6.43. The highest BCUT2D eigenvalue weighted by Crippen LogP contribution is 2.25. The van der Waals surface area contributed by atoms with Gasteiger partial charge in [0, 0.05) is 18.3 Å². The van der Waals surface area contributed by atoms with E-state index in [2.05, 4.69) is 15.3 Å². The lowest BCUT2D eigenvalue weighted by molar-refractivity contribution is 0.628. The SMILES string of the molecule is CNCc1cc2ncccc2nc1-c1ccc(F)cc1. The Balaban J connectivity index is 2.20. The van der Waals surface area contributed by atoms with Gasteiger partial charge in [0.05, 0.1) is 16.7 Å². The van der Waals surface area contributed by atoms with E-state index >= 15 is 0 Å². The minimum absolute atomic E-state index is 0.244. The van der Waals surface area contributed by atoms with Gasteiger partial charge in [-0.15, -0.1) is 0 Å². The molecule has 0 aliphatic carbocycles. The average molecular weight is 267 g/mol. The van der Waals surface area contributed by atoms with Crippen molar-refractivity contribution in [1.82, 2.24) is 15.3 Å². The summed E-state index contributed by atoms with van der Waals surface area (Å²) in [6, 6.07) is 12.2. The molecule has 0 bridgehead atoms. The lowest BCUT2D eigenvalue weighted by Gasteiger charge is -2.10. The molecule has 2 aromatic heterocycles. The van der Waals surface area contributed by atoms with Crippen molar-refractivity contribution in [3.63, 3.8) is 0 Å². The topological polar surface area (TPSA) is 37.8 Å². The fraction of sp³-hybridized carbons (Fsp3) is 0.125. The van der Waals surface area contributed by atoms with Gasteiger partial charge >= 0.3 is 0 Å². The summed E-state index contributed by atoms with van der Waals surface area (Å²) in [5, 5.41) is 3.13. The van der Waals surface area contributed by atoms with E-state index in [0.29, 0.717) is 6.54 Å². The highest BCUT2D eigenvalue weighted by molar-refractivity contribution is 5.79. The third kappa shape index (κ3) is 2.38. The molecule has 100 valence electrons. The molecule has 0 aliphatic heterocycles. The molecule has 0 amide bonds. The highest BCUT2D eigenvalue weighted by atomic mass is 19.1. The van der Waals surface area contributed by atoms with Crippen LogP contribution in [0.25, 0.3) is 22.3 Å². The first-order valence-electron chi connectivity index (χ1n) is 6.43. The van der Waals surface area contributed by atoms with E-state index in [1.807, 2.05) is 25.2 Å². The fourth-order valence-electron chi connectivity index (χ4n) is 2.22. The maximum absolute atomic E-state index is 13.1. The number of halogens is 1. The molecule has 3 aromatic rings. The van der Waals surface area contributed by atoms with Crippen LogP contribution in [0.2, 0.25) is 0 Å². The molecule has 4 heteroatoms. The van der Waals surface area contributed by atoms with E-state index < -0.39 is 0 Å². The van der Waals surface area contributed by atoms with Crippen LogP contribution in [0.3, 0.4) is 0 Å². The van der Waals surface area contributed by atoms with E-state index in [1.54, 1.807) is 18.3 Å². The molecule has 0 spiro atoms. The summed E-state index contributed by atoms with van der Waals surface area (Å²) in [6.07, 6.45) is 1.75. The van der Waals surface area contributed by atoms with Crippen LogP contribution in [0.5, 0.6) is 0 Å². The Morgan fingerprint density at radius 2 is 1.90 bits per heavy atom. The standard InChI is InChI=1S/C16H14FN3/c1-18-10-12-9-15-14(3-2-8-19-15)20-16(12)11-4-6-13(17)7-5-11/h2-9,18H,10H2,1H3. The molecular weight excluding hydrogens is 253 g/mol. The molecule has 20 heavy (non-hydrogen) atoms. The smallest absolute Gasteiger partial charge is 0.123 e. The van der Waals surface area contributed by atoms with Gasteiger partial charge in [0.25, 0.3) is 0 Å². The van der Waals surface area contributed by atoms with Gasteiger partial charge in [-0.1, -0.05) is 0 Å². The summed E-state index contributed by atoms with van der Waals surface area (Å²) >= 11 is 0. The number of hydrogen-bond acceptors (Lipinski definition) is 3. The third-order valence-corrected chi connectivity index (χ3v) is 3.15. The molecule has 1 aromatic carbocycles. The van der Waals surface area contributed by atoms with Gasteiger partial charge in [-0.05, 0) is 55.1 Å². The number of fused-ring (bicyclic) bond motifs is 1. The van der Waals surface area contributed by atoms with Gasteiger partial charge in [0.1, 0.15) is 5.82 Å². The number of hydrogen-bond donors (Lipinski definition) is 1. The molecule has 0 saturated carbocycles. The summed E-state index contributed by atoms with van der Waals surface area (Å²) < 4.78 is 13.1. The molecule has 1 N–H and O–H groups in total. The van der Waals surface area contributed by atoms with Crippen molar-refractivity contribution in [2.24, 2.45) is 0 Å². The van der Waals surface area contributed by atoms with Crippen LogP contribution in [-0.2, 0) is 6.54 Å². The van der Waals surface area contributed by atoms with E-state index in [-0.39, 0.29) is 5.82 Å². The summed E-state index contributed by atoms with van der Waals surface area (Å²) in [4.78, 5) is 8.99. The lowest BCUT2D eigenvalue weighted by atomic mass is 10.0. The largest absolute Gasteiger partial charge is 0.316 e. The van der Waals surface area contributed by atoms with Crippen LogP contribution in [0.4, 0.5) is 4.39 Å². The first-order chi connectivity index (χ1) is 9.78. The van der Waals surface area contributed by atoms with Gasteiger partial charge in [-0.2, -0.15) is 0 Å². The Labute approximate surface area is 116 Å². The minimum Gasteiger partial charge on any atom is -0.316 e. The fourth-order valence-corrected chi connectivity index (χ4v) is 2.22. The quantitative estimate of drug-likeness (QED) is 0.792. The van der Waals surface area contributed by atoms with Crippen molar-refractivity contribution in [3.05, 3.63) is 60.0 Å². The predicted octanol–water partition coefficient (Wildman–Crippen LogP) is 3.16. The van der Waals surface area contributed by atoms with Crippen molar-refractivity contribution < 1.29 is 4.39 Å². The van der Waals surface area contributed by atoms with Crippen LogP contribution < -0.4 is 5.32 Å². The first kappa shape index (κ1) is 12.7. The predicted molar refractivity (Wildman–Crippen MR) is 77.7 cm³/mol. The zero-order chi connectivity index (χ0) is 13.9. The monoisotopic (exact) mass is 267 g/mol. The Kier molecular flexibility index (Phi) is 3.39. The van der Waals surface area contributed by atoms with Crippen molar-refractivity contribution in [3.8, 4) is 11.3 Å². The van der Waals surface area contributed by atoms with Crippen LogP contribution in [0.1, 0.15) is 5.56 Å². The van der Waals surface area contributed by atoms with Crippen LogP contribution in [0.15, 0.2) is 48.7 Å². The Morgan fingerprint density at radius 3 is 2.65 bits per heavy atom. The summed E-state index contributed by atoms with van der Waals surface area (Å²) in [6.45, 7) is 0.687. The molecule has 0 aliphatic rings. The zero-order valence-electron chi connectivity index (χ0n) is 11.1. The molecule has 0 saturated heterocycles. The molecule has 0 radical (unpaired) electrons. The van der Waals surface area contributed by atoms with Crippen molar-refractivity contribution in [2.45, 2.75) is 6.54 Å². The average Bonchev–Trinajstić information content (AvgIpc) is 2.48. The van der Waals surface area contributed by atoms with E-state index in [1.165, 1.54) is 12.1 Å². The minimum atomic E-state index is -0.244. The number of aromatic nitrogens is 2. The zero-order valence-corrected chi connectivity index (χ0v) is 11.1. The lowest BCUT2D eigenvalue weighted by Crippen LogP contribution is -2.07. The molecular formula is C16H14FN3. The Bertz CT molecular complexity index is 738.